The molecular weight excluding hydrogens is 639 g/mol. The zero-order valence-electron chi connectivity index (χ0n) is 24.9. The first-order valence-corrected chi connectivity index (χ1v) is 14.6. The van der Waals surface area contributed by atoms with Gasteiger partial charge in [0.05, 0.1) is 19.3 Å². The van der Waals surface area contributed by atoms with Gasteiger partial charge in [-0.2, -0.15) is 13.9 Å². The number of aliphatic hydroxyl groups is 1. The minimum absolute atomic E-state index is 0.0330. The molecule has 0 saturated carbocycles. The van der Waals surface area contributed by atoms with Gasteiger partial charge in [0.25, 0.3) is 5.91 Å². The summed E-state index contributed by atoms with van der Waals surface area (Å²) in [6.45, 7) is -1.97. The van der Waals surface area contributed by atoms with Gasteiger partial charge < -0.3 is 25.6 Å². The van der Waals surface area contributed by atoms with Gasteiger partial charge in [0.1, 0.15) is 46.1 Å². The second-order valence-electron chi connectivity index (χ2n) is 11.3. The predicted octanol–water partition coefficient (Wildman–Crippen LogP) is 5.10. The highest BCUT2D eigenvalue weighted by atomic mass is 35.5. The van der Waals surface area contributed by atoms with Gasteiger partial charge in [-0.3, -0.25) is 9.59 Å². The molecule has 14 heteroatoms. The number of halogens is 4. The quantitative estimate of drug-likeness (QED) is 0.199. The molecule has 0 fully saturated rings. The van der Waals surface area contributed by atoms with Crippen molar-refractivity contribution in [2.45, 2.75) is 24.5 Å². The van der Waals surface area contributed by atoms with E-state index in [9.17, 15) is 23.5 Å². The van der Waals surface area contributed by atoms with Gasteiger partial charge in [-0.15, -0.1) is 0 Å². The van der Waals surface area contributed by atoms with E-state index in [2.05, 4.69) is 15.4 Å². The monoisotopic (exact) mass is 665 g/mol. The molecule has 1 aliphatic heterocycles. The Morgan fingerprint density at radius 2 is 1.94 bits per heavy atom. The minimum atomic E-state index is -2.91. The molecule has 4 N–H and O–H groups in total. The maximum atomic E-state index is 15.3. The van der Waals surface area contributed by atoms with Gasteiger partial charge in [-0.1, -0.05) is 41.9 Å². The summed E-state index contributed by atoms with van der Waals surface area (Å²) in [4.78, 5) is 30.9. The highest BCUT2D eigenvalue weighted by molar-refractivity contribution is 6.30. The maximum absolute atomic E-state index is 15.3. The molecule has 6 rings (SSSR count). The molecule has 0 radical (unpaired) electrons. The van der Waals surface area contributed by atoms with E-state index in [1.807, 2.05) is 0 Å². The first kappa shape index (κ1) is 31.8. The van der Waals surface area contributed by atoms with Crippen LogP contribution >= 0.6 is 11.6 Å². The number of aromatic nitrogens is 3. The number of primary amides is 1. The number of nitrogens with two attached hydrogens (primary N) is 1. The van der Waals surface area contributed by atoms with E-state index >= 15 is 4.39 Å². The second-order valence-corrected chi connectivity index (χ2v) is 11.7. The van der Waals surface area contributed by atoms with E-state index in [1.165, 1.54) is 37.4 Å². The molecule has 47 heavy (non-hydrogen) atoms. The Kier molecular flexibility index (Phi) is 8.06. The van der Waals surface area contributed by atoms with Crippen molar-refractivity contribution in [2.24, 2.45) is 5.73 Å². The van der Waals surface area contributed by atoms with Crippen molar-refractivity contribution in [3.8, 4) is 22.8 Å². The summed E-state index contributed by atoms with van der Waals surface area (Å²) >= 11 is 6.21. The van der Waals surface area contributed by atoms with Crippen LogP contribution in [0, 0.1) is 5.82 Å². The summed E-state index contributed by atoms with van der Waals surface area (Å²) in [5, 5.41) is 19.4. The van der Waals surface area contributed by atoms with E-state index < -0.39 is 41.7 Å². The van der Waals surface area contributed by atoms with Crippen LogP contribution in [0.25, 0.3) is 22.2 Å². The summed E-state index contributed by atoms with van der Waals surface area (Å²) < 4.78 is 53.5. The molecule has 2 atom stereocenters. The fourth-order valence-electron chi connectivity index (χ4n) is 5.53. The van der Waals surface area contributed by atoms with Crippen LogP contribution in [-0.2, 0) is 15.8 Å². The summed E-state index contributed by atoms with van der Waals surface area (Å²) in [7, 11) is 1.31. The number of methoxy groups -OCH3 is 1. The lowest BCUT2D eigenvalue weighted by Crippen LogP contribution is -2.43. The number of pyridine rings is 1. The number of ether oxygens (including phenoxy) is 2. The molecule has 0 bridgehead atoms. The Labute approximate surface area is 270 Å². The van der Waals surface area contributed by atoms with Crippen LogP contribution < -0.4 is 20.5 Å². The van der Waals surface area contributed by atoms with Crippen molar-refractivity contribution in [3.05, 3.63) is 106 Å². The molecule has 242 valence electrons. The van der Waals surface area contributed by atoms with Gasteiger partial charge in [0, 0.05) is 33.3 Å². The van der Waals surface area contributed by atoms with Crippen molar-refractivity contribution in [1.29, 1.82) is 0 Å². The Balaban J connectivity index is 1.47. The van der Waals surface area contributed by atoms with Crippen LogP contribution in [0.3, 0.4) is 0 Å². The van der Waals surface area contributed by atoms with Crippen molar-refractivity contribution in [1.82, 2.24) is 20.1 Å². The number of carbonyl (C=O) groups is 2. The topological polar surface area (TPSA) is 142 Å². The molecule has 0 unspecified atom stereocenters. The SMILES string of the molecule is COc1cc(C(=O)NC[C@@](O)(c2ccccc2)c2cc3c(c(-c4cc(Cl)ccc4F)n2)OC[C@]3(C)C(N)=O)cc2cn(C(F)F)nc12. The van der Waals surface area contributed by atoms with E-state index in [4.69, 9.17) is 26.8 Å². The molecule has 2 amide bonds. The second kappa shape index (κ2) is 11.9. The fourth-order valence-corrected chi connectivity index (χ4v) is 5.71. The van der Waals surface area contributed by atoms with E-state index in [0.29, 0.717) is 10.2 Å². The van der Waals surface area contributed by atoms with Crippen molar-refractivity contribution in [2.75, 3.05) is 20.3 Å². The number of hydrogen-bond donors (Lipinski definition) is 3. The molecule has 5 aromatic rings. The Morgan fingerprint density at radius 1 is 1.19 bits per heavy atom. The molecule has 0 aliphatic carbocycles. The number of benzene rings is 3. The number of carbonyl (C=O) groups excluding carboxylic acids is 2. The van der Waals surface area contributed by atoms with Gasteiger partial charge in [-0.25, -0.2) is 14.1 Å². The lowest BCUT2D eigenvalue weighted by Gasteiger charge is -2.30. The third-order valence-corrected chi connectivity index (χ3v) is 8.49. The van der Waals surface area contributed by atoms with Crippen molar-refractivity contribution in [3.63, 3.8) is 0 Å². The summed E-state index contributed by atoms with van der Waals surface area (Å²) in [5.41, 5.74) is 2.96. The van der Waals surface area contributed by atoms with Gasteiger partial charge in [0.2, 0.25) is 5.91 Å². The molecule has 3 aromatic carbocycles. The van der Waals surface area contributed by atoms with Gasteiger partial charge in [-0.05, 0) is 48.9 Å². The maximum Gasteiger partial charge on any atom is 0.333 e. The number of hydrogen-bond acceptors (Lipinski definition) is 7. The summed E-state index contributed by atoms with van der Waals surface area (Å²) in [6.07, 6.45) is 1.09. The average molecular weight is 666 g/mol. The molecular formula is C33H27ClF3N5O5. The zero-order valence-corrected chi connectivity index (χ0v) is 25.7. The van der Waals surface area contributed by atoms with E-state index in [0.717, 1.165) is 12.3 Å². The Morgan fingerprint density at radius 3 is 2.62 bits per heavy atom. The number of rotatable bonds is 9. The minimum Gasteiger partial charge on any atom is -0.494 e. The van der Waals surface area contributed by atoms with Crippen LogP contribution in [0.1, 0.15) is 40.7 Å². The van der Waals surface area contributed by atoms with Gasteiger partial charge in [0.15, 0.2) is 0 Å². The third kappa shape index (κ3) is 5.51. The predicted molar refractivity (Wildman–Crippen MR) is 166 cm³/mol. The van der Waals surface area contributed by atoms with E-state index in [1.54, 1.807) is 37.3 Å². The standard InChI is InChI=1S/C33H27ClF3N5O5/c1-32(30(38)44)16-47-28-22(32)13-25(40-27(28)21-12-20(34)8-9-23(21)35)33(45,19-6-4-3-5-7-19)15-39-29(43)17-10-18-14-42(31(36)37)41-26(18)24(11-17)46-2/h3-14,31,45H,15-16H2,1-2H3,(H2,38,44)(H,39,43)/t32-,33+/m0/s1. The van der Waals surface area contributed by atoms with Crippen LogP contribution in [0.5, 0.6) is 11.5 Å². The highest BCUT2D eigenvalue weighted by Crippen LogP contribution is 2.47. The summed E-state index contributed by atoms with van der Waals surface area (Å²) in [5.74, 6) is -1.91. The lowest BCUT2D eigenvalue weighted by molar-refractivity contribution is -0.123. The van der Waals surface area contributed by atoms with Gasteiger partial charge >= 0.3 is 6.55 Å². The molecule has 10 nitrogen and oxygen atoms in total. The zero-order chi connectivity index (χ0) is 33.7. The molecule has 3 heterocycles. The van der Waals surface area contributed by atoms with Crippen LogP contribution in [-0.4, -0.2) is 51.9 Å². The number of fused-ring (bicyclic) bond motifs is 2. The Bertz CT molecular complexity index is 2040. The summed E-state index contributed by atoms with van der Waals surface area (Å²) in [6, 6.07) is 16.3. The number of nitrogens with zero attached hydrogens (tertiary/aromatic N) is 3. The van der Waals surface area contributed by atoms with E-state index in [-0.39, 0.29) is 62.1 Å². The van der Waals surface area contributed by atoms with Crippen LogP contribution in [0.4, 0.5) is 13.2 Å². The fraction of sp³-hybridized carbons (Fsp3) is 0.212. The first-order valence-electron chi connectivity index (χ1n) is 14.2. The first-order chi connectivity index (χ1) is 22.4. The molecule has 0 spiro atoms. The Hall–Kier alpha value is -5.14. The normalized spacial score (nSPS) is 16.9. The average Bonchev–Trinajstić information content (AvgIpc) is 3.66. The largest absolute Gasteiger partial charge is 0.494 e. The molecule has 1 aliphatic rings. The van der Waals surface area contributed by atoms with Crippen molar-refractivity contribution >= 4 is 34.3 Å². The smallest absolute Gasteiger partial charge is 0.333 e. The van der Waals surface area contributed by atoms with Crippen LogP contribution in [0.2, 0.25) is 5.02 Å². The van der Waals surface area contributed by atoms with Crippen molar-refractivity contribution < 1.29 is 37.3 Å². The molecule has 2 aromatic heterocycles. The number of nitrogens with one attached hydrogen (secondary N) is 1. The third-order valence-electron chi connectivity index (χ3n) is 8.25. The lowest BCUT2D eigenvalue weighted by atomic mass is 9.80. The molecule has 0 saturated heterocycles. The number of amides is 2. The number of alkyl halides is 2. The van der Waals surface area contributed by atoms with Crippen LogP contribution in [0.15, 0.2) is 72.9 Å². The highest BCUT2D eigenvalue weighted by Gasteiger charge is 2.46.